The van der Waals surface area contributed by atoms with Crippen molar-refractivity contribution in [3.8, 4) is 22.7 Å². The Morgan fingerprint density at radius 2 is 1.77 bits per heavy atom. The Hall–Kier alpha value is -3.32. The maximum absolute atomic E-state index is 12.0. The number of methoxy groups -OCH3 is 1. The SMILES string of the molecule is COc1ccc(-c2cc(C3CCN(C(=O)N(C)O)CC3)nn2-c2ccccc2)cc1. The number of rotatable bonds is 4. The molecule has 1 aromatic heterocycles. The Morgan fingerprint density at radius 3 is 2.37 bits per heavy atom. The smallest absolute Gasteiger partial charge is 0.343 e. The molecule has 156 valence electrons. The average molecular weight is 406 g/mol. The van der Waals surface area contributed by atoms with Crippen LogP contribution in [0.3, 0.4) is 0 Å². The summed E-state index contributed by atoms with van der Waals surface area (Å²) < 4.78 is 7.27. The molecule has 2 aromatic carbocycles. The van der Waals surface area contributed by atoms with Crippen LogP contribution in [0, 0.1) is 0 Å². The van der Waals surface area contributed by atoms with Gasteiger partial charge in [0.25, 0.3) is 0 Å². The first-order valence-corrected chi connectivity index (χ1v) is 10.1. The van der Waals surface area contributed by atoms with Crippen molar-refractivity contribution in [1.82, 2.24) is 19.7 Å². The monoisotopic (exact) mass is 406 g/mol. The lowest BCUT2D eigenvalue weighted by atomic mass is 9.93. The minimum atomic E-state index is -0.359. The topological polar surface area (TPSA) is 70.8 Å². The van der Waals surface area contributed by atoms with Crippen molar-refractivity contribution in [3.05, 3.63) is 66.4 Å². The molecule has 0 bridgehead atoms. The third-order valence-electron chi connectivity index (χ3n) is 5.58. The molecule has 0 saturated carbocycles. The van der Waals surface area contributed by atoms with Gasteiger partial charge in [-0.05, 0) is 55.3 Å². The number of hydrogen-bond acceptors (Lipinski definition) is 4. The number of benzene rings is 2. The minimum absolute atomic E-state index is 0.264. The van der Waals surface area contributed by atoms with Gasteiger partial charge >= 0.3 is 6.03 Å². The molecule has 1 N–H and O–H groups in total. The first kappa shape index (κ1) is 20.0. The first-order chi connectivity index (χ1) is 14.6. The molecule has 1 aliphatic heterocycles. The van der Waals surface area contributed by atoms with E-state index in [-0.39, 0.29) is 11.9 Å². The lowest BCUT2D eigenvalue weighted by Gasteiger charge is -2.32. The summed E-state index contributed by atoms with van der Waals surface area (Å²) in [6.45, 7) is 1.20. The van der Waals surface area contributed by atoms with Crippen molar-refractivity contribution >= 4 is 6.03 Å². The van der Waals surface area contributed by atoms with Gasteiger partial charge in [-0.15, -0.1) is 0 Å². The summed E-state index contributed by atoms with van der Waals surface area (Å²) in [5, 5.41) is 15.0. The quantitative estimate of drug-likeness (QED) is 0.522. The van der Waals surface area contributed by atoms with Crippen molar-refractivity contribution in [2.75, 3.05) is 27.2 Å². The van der Waals surface area contributed by atoms with Gasteiger partial charge in [0.15, 0.2) is 0 Å². The summed E-state index contributed by atoms with van der Waals surface area (Å²) in [6, 6.07) is 19.9. The molecule has 1 aliphatic rings. The molecular weight excluding hydrogens is 380 g/mol. The van der Waals surface area contributed by atoms with Crippen molar-refractivity contribution < 1.29 is 14.7 Å². The van der Waals surface area contributed by atoms with Crippen LogP contribution in [0.15, 0.2) is 60.7 Å². The molecule has 0 radical (unpaired) electrons. The highest BCUT2D eigenvalue weighted by Crippen LogP contribution is 2.33. The van der Waals surface area contributed by atoms with E-state index in [4.69, 9.17) is 9.84 Å². The van der Waals surface area contributed by atoms with Crippen LogP contribution in [0.4, 0.5) is 4.79 Å². The number of likely N-dealkylation sites (tertiary alicyclic amines) is 1. The van der Waals surface area contributed by atoms with E-state index in [0.717, 1.165) is 41.2 Å². The number of para-hydroxylation sites is 1. The number of carbonyl (C=O) groups is 1. The van der Waals surface area contributed by atoms with Gasteiger partial charge in [-0.2, -0.15) is 5.10 Å². The Morgan fingerprint density at radius 1 is 1.10 bits per heavy atom. The normalized spacial score (nSPS) is 14.6. The highest BCUT2D eigenvalue weighted by atomic mass is 16.5. The highest BCUT2D eigenvalue weighted by Gasteiger charge is 2.27. The van der Waals surface area contributed by atoms with E-state index >= 15 is 0 Å². The number of ether oxygens (including phenoxy) is 1. The van der Waals surface area contributed by atoms with Crippen LogP contribution < -0.4 is 4.74 Å². The fraction of sp³-hybridized carbons (Fsp3) is 0.304. The van der Waals surface area contributed by atoms with Crippen LogP contribution >= 0.6 is 0 Å². The average Bonchev–Trinajstić information content (AvgIpc) is 3.25. The molecule has 4 rings (SSSR count). The molecule has 7 heteroatoms. The van der Waals surface area contributed by atoms with E-state index in [1.807, 2.05) is 59.3 Å². The number of hydrogen-bond donors (Lipinski definition) is 1. The maximum Gasteiger partial charge on any atom is 0.343 e. The number of piperidine rings is 1. The molecule has 2 amide bonds. The lowest BCUT2D eigenvalue weighted by Crippen LogP contribution is -2.43. The number of aromatic nitrogens is 2. The molecule has 0 unspecified atom stereocenters. The Bertz CT molecular complexity index is 991. The number of carbonyl (C=O) groups excluding carboxylic acids is 1. The van der Waals surface area contributed by atoms with Crippen LogP contribution in [0.25, 0.3) is 16.9 Å². The zero-order chi connectivity index (χ0) is 21.1. The van der Waals surface area contributed by atoms with Crippen molar-refractivity contribution in [1.29, 1.82) is 0 Å². The zero-order valence-corrected chi connectivity index (χ0v) is 17.2. The van der Waals surface area contributed by atoms with Gasteiger partial charge in [0.1, 0.15) is 5.75 Å². The Kier molecular flexibility index (Phi) is 5.72. The van der Waals surface area contributed by atoms with Crippen LogP contribution in [0.5, 0.6) is 5.75 Å². The summed E-state index contributed by atoms with van der Waals surface area (Å²) in [5.41, 5.74) is 4.11. The summed E-state index contributed by atoms with van der Waals surface area (Å²) in [7, 11) is 3.02. The Labute approximate surface area is 176 Å². The lowest BCUT2D eigenvalue weighted by molar-refractivity contribution is -0.0356. The second kappa shape index (κ2) is 8.59. The van der Waals surface area contributed by atoms with Crippen LogP contribution in [-0.2, 0) is 0 Å². The summed E-state index contributed by atoms with van der Waals surface area (Å²) >= 11 is 0. The summed E-state index contributed by atoms with van der Waals surface area (Å²) in [4.78, 5) is 13.7. The third kappa shape index (κ3) is 4.02. The van der Waals surface area contributed by atoms with Gasteiger partial charge in [-0.1, -0.05) is 18.2 Å². The van der Waals surface area contributed by atoms with E-state index < -0.39 is 0 Å². The summed E-state index contributed by atoms with van der Waals surface area (Å²) in [6.07, 6.45) is 1.63. The Balaban J connectivity index is 1.64. The fourth-order valence-corrected chi connectivity index (χ4v) is 3.90. The van der Waals surface area contributed by atoms with E-state index in [2.05, 4.69) is 6.07 Å². The highest BCUT2D eigenvalue weighted by molar-refractivity contribution is 5.73. The molecule has 3 aromatic rings. The second-order valence-corrected chi connectivity index (χ2v) is 7.50. The maximum atomic E-state index is 12.0. The molecule has 30 heavy (non-hydrogen) atoms. The number of hydroxylamine groups is 2. The number of amides is 2. The summed E-state index contributed by atoms with van der Waals surface area (Å²) in [5.74, 6) is 1.08. The standard InChI is InChI=1S/C23H26N4O3/c1-25(29)23(28)26-14-12-17(13-15-26)21-16-22(18-8-10-20(30-2)11-9-18)27(24-21)19-6-4-3-5-7-19/h3-11,16-17,29H,12-15H2,1-2H3. The third-order valence-corrected chi connectivity index (χ3v) is 5.58. The van der Waals surface area contributed by atoms with Gasteiger partial charge < -0.3 is 9.64 Å². The molecule has 1 saturated heterocycles. The second-order valence-electron chi connectivity index (χ2n) is 7.50. The molecule has 0 spiro atoms. The molecular formula is C23H26N4O3. The molecule has 0 aliphatic carbocycles. The number of urea groups is 1. The van der Waals surface area contributed by atoms with Gasteiger partial charge in [0.05, 0.1) is 24.2 Å². The van der Waals surface area contributed by atoms with Crippen molar-refractivity contribution in [2.45, 2.75) is 18.8 Å². The largest absolute Gasteiger partial charge is 0.497 e. The van der Waals surface area contributed by atoms with Gasteiger partial charge in [0.2, 0.25) is 0 Å². The van der Waals surface area contributed by atoms with E-state index in [9.17, 15) is 10.0 Å². The van der Waals surface area contributed by atoms with Crippen molar-refractivity contribution in [3.63, 3.8) is 0 Å². The van der Waals surface area contributed by atoms with E-state index in [1.165, 1.54) is 7.05 Å². The minimum Gasteiger partial charge on any atom is -0.497 e. The van der Waals surface area contributed by atoms with Crippen LogP contribution in [0.1, 0.15) is 24.5 Å². The predicted molar refractivity (Wildman–Crippen MR) is 114 cm³/mol. The van der Waals surface area contributed by atoms with Crippen molar-refractivity contribution in [2.24, 2.45) is 0 Å². The molecule has 0 atom stereocenters. The van der Waals surface area contributed by atoms with Gasteiger partial charge in [-0.25, -0.2) is 14.5 Å². The first-order valence-electron chi connectivity index (χ1n) is 10.1. The molecule has 2 heterocycles. The molecule has 1 fully saturated rings. The fourth-order valence-electron chi connectivity index (χ4n) is 3.90. The van der Waals surface area contributed by atoms with Gasteiger partial charge in [-0.3, -0.25) is 5.21 Å². The van der Waals surface area contributed by atoms with Crippen LogP contribution in [-0.4, -0.2) is 58.2 Å². The van der Waals surface area contributed by atoms with Crippen LogP contribution in [0.2, 0.25) is 0 Å². The number of nitrogens with zero attached hydrogens (tertiary/aromatic N) is 4. The van der Waals surface area contributed by atoms with Gasteiger partial charge in [0, 0.05) is 31.6 Å². The van der Waals surface area contributed by atoms with E-state index in [0.29, 0.717) is 18.2 Å². The molecule has 7 nitrogen and oxygen atoms in total. The predicted octanol–water partition coefficient (Wildman–Crippen LogP) is 4.17. The zero-order valence-electron chi connectivity index (χ0n) is 17.2. The van der Waals surface area contributed by atoms with E-state index in [1.54, 1.807) is 12.0 Å².